The average Bonchev–Trinajstić information content (AvgIpc) is 2.40. The van der Waals surface area contributed by atoms with E-state index in [0.29, 0.717) is 5.82 Å². The lowest BCUT2D eigenvalue weighted by Crippen LogP contribution is -2.35. The highest BCUT2D eigenvalue weighted by Crippen LogP contribution is 2.20. The Kier molecular flexibility index (Phi) is 4.16. The molecule has 1 aromatic carbocycles. The van der Waals surface area contributed by atoms with Crippen molar-refractivity contribution in [2.24, 2.45) is 0 Å². The number of nitrogens with one attached hydrogen (secondary N) is 1. The lowest BCUT2D eigenvalue weighted by Gasteiger charge is -2.23. The van der Waals surface area contributed by atoms with E-state index in [0.717, 1.165) is 0 Å². The molecule has 0 amide bonds. The van der Waals surface area contributed by atoms with Gasteiger partial charge in [0, 0.05) is 17.9 Å². The molecule has 0 aliphatic carbocycles. The summed E-state index contributed by atoms with van der Waals surface area (Å²) in [5.74, 6) is 0.392. The van der Waals surface area contributed by atoms with Crippen LogP contribution in [-0.2, 0) is 5.54 Å². The molecule has 0 saturated heterocycles. The first-order chi connectivity index (χ1) is 9.80. The normalized spacial score (nSPS) is 13.0. The van der Waals surface area contributed by atoms with Crippen molar-refractivity contribution >= 4 is 5.82 Å². The van der Waals surface area contributed by atoms with E-state index >= 15 is 0 Å². The molecule has 21 heavy (non-hydrogen) atoms. The molecule has 2 aromatic rings. The van der Waals surface area contributed by atoms with Crippen LogP contribution in [0.4, 0.5) is 5.82 Å². The molecular weight excluding hydrogens is 262 g/mol. The number of nitrogens with zero attached hydrogens (tertiary/aromatic N) is 2. The van der Waals surface area contributed by atoms with Gasteiger partial charge < -0.3 is 9.88 Å². The van der Waals surface area contributed by atoms with Crippen LogP contribution in [0.25, 0.3) is 0 Å². The quantitative estimate of drug-likeness (QED) is 0.939. The van der Waals surface area contributed by atoms with Gasteiger partial charge in [0.15, 0.2) is 5.82 Å². The lowest BCUT2D eigenvalue weighted by atomic mass is 10.0. The molecule has 4 heteroatoms. The summed E-state index contributed by atoms with van der Waals surface area (Å²) in [6.45, 7) is 10.1. The highest BCUT2D eigenvalue weighted by atomic mass is 16.1. The molecule has 0 aliphatic rings. The molecule has 0 bridgehead atoms. The molecule has 1 heterocycles. The van der Waals surface area contributed by atoms with Crippen LogP contribution in [0, 0.1) is 6.92 Å². The van der Waals surface area contributed by atoms with Gasteiger partial charge in [0.05, 0.1) is 6.04 Å². The van der Waals surface area contributed by atoms with Gasteiger partial charge in [-0.25, -0.2) is 4.98 Å². The number of rotatable bonds is 3. The first-order valence-corrected chi connectivity index (χ1v) is 7.21. The lowest BCUT2D eigenvalue weighted by molar-refractivity contribution is 0.383. The van der Waals surface area contributed by atoms with Gasteiger partial charge in [0.1, 0.15) is 0 Å². The number of benzene rings is 1. The van der Waals surface area contributed by atoms with Crippen LogP contribution in [0.5, 0.6) is 0 Å². The Morgan fingerprint density at radius 2 is 1.90 bits per heavy atom. The zero-order chi connectivity index (χ0) is 15.6. The molecule has 1 unspecified atom stereocenters. The number of hydrogen-bond donors (Lipinski definition) is 1. The van der Waals surface area contributed by atoms with Gasteiger partial charge in [-0.3, -0.25) is 4.79 Å². The topological polar surface area (TPSA) is 46.9 Å². The number of hydrogen-bond acceptors (Lipinski definition) is 3. The average molecular weight is 285 g/mol. The van der Waals surface area contributed by atoms with Crippen LogP contribution >= 0.6 is 0 Å². The molecule has 4 nitrogen and oxygen atoms in total. The highest BCUT2D eigenvalue weighted by molar-refractivity contribution is 5.38. The Hall–Kier alpha value is -2.10. The third-order valence-corrected chi connectivity index (χ3v) is 3.57. The Bertz CT molecular complexity index is 683. The number of aromatic nitrogens is 2. The van der Waals surface area contributed by atoms with Crippen LogP contribution < -0.4 is 10.9 Å². The molecule has 2 rings (SSSR count). The van der Waals surface area contributed by atoms with Gasteiger partial charge in [-0.05, 0) is 45.7 Å². The van der Waals surface area contributed by atoms with E-state index in [-0.39, 0.29) is 17.1 Å². The van der Waals surface area contributed by atoms with Crippen molar-refractivity contribution in [2.75, 3.05) is 5.32 Å². The zero-order valence-corrected chi connectivity index (χ0v) is 13.3. The van der Waals surface area contributed by atoms with E-state index in [1.54, 1.807) is 17.0 Å². The molecular formula is C17H23N3O. The summed E-state index contributed by atoms with van der Waals surface area (Å²) in [5.41, 5.74) is 2.02. The second-order valence-electron chi connectivity index (χ2n) is 6.34. The molecule has 0 spiro atoms. The summed E-state index contributed by atoms with van der Waals surface area (Å²) in [6.07, 6.45) is 3.39. The van der Waals surface area contributed by atoms with Crippen LogP contribution in [-0.4, -0.2) is 9.55 Å². The van der Waals surface area contributed by atoms with E-state index in [9.17, 15) is 4.79 Å². The minimum absolute atomic E-state index is 0.0298. The first-order valence-electron chi connectivity index (χ1n) is 7.21. The van der Waals surface area contributed by atoms with Crippen molar-refractivity contribution in [3.8, 4) is 0 Å². The third-order valence-electron chi connectivity index (χ3n) is 3.57. The standard InChI is InChI=1S/C17H23N3O/c1-12-8-6-7-9-14(12)13(2)19-15-16(21)20(11-10-18-15)17(3,4)5/h6-11,13H,1-5H3,(H,18,19). The first kappa shape index (κ1) is 15.3. The molecule has 0 fully saturated rings. The van der Waals surface area contributed by atoms with Crippen molar-refractivity contribution in [1.29, 1.82) is 0 Å². The minimum Gasteiger partial charge on any atom is -0.359 e. The smallest absolute Gasteiger partial charge is 0.293 e. The summed E-state index contributed by atoms with van der Waals surface area (Å²) in [7, 11) is 0. The summed E-state index contributed by atoms with van der Waals surface area (Å²) in [5, 5.41) is 3.24. The second-order valence-corrected chi connectivity index (χ2v) is 6.34. The van der Waals surface area contributed by atoms with E-state index in [4.69, 9.17) is 0 Å². The fourth-order valence-electron chi connectivity index (χ4n) is 2.39. The molecule has 1 atom stereocenters. The summed E-state index contributed by atoms with van der Waals surface area (Å²) >= 11 is 0. The van der Waals surface area contributed by atoms with Gasteiger partial charge in [-0.15, -0.1) is 0 Å². The molecule has 0 saturated carbocycles. The Labute approximate surface area is 125 Å². The van der Waals surface area contributed by atoms with E-state index < -0.39 is 0 Å². The summed E-state index contributed by atoms with van der Waals surface area (Å²) < 4.78 is 1.70. The molecule has 0 radical (unpaired) electrons. The highest BCUT2D eigenvalue weighted by Gasteiger charge is 2.18. The predicted molar refractivity (Wildman–Crippen MR) is 86.7 cm³/mol. The van der Waals surface area contributed by atoms with E-state index in [2.05, 4.69) is 29.4 Å². The van der Waals surface area contributed by atoms with E-state index in [1.807, 2.05) is 39.8 Å². The van der Waals surface area contributed by atoms with Gasteiger partial charge >= 0.3 is 0 Å². The Balaban J connectivity index is 2.33. The van der Waals surface area contributed by atoms with Gasteiger partial charge in [-0.1, -0.05) is 24.3 Å². The van der Waals surface area contributed by atoms with Crippen molar-refractivity contribution in [3.63, 3.8) is 0 Å². The van der Waals surface area contributed by atoms with Crippen LogP contribution in [0.3, 0.4) is 0 Å². The largest absolute Gasteiger partial charge is 0.359 e. The zero-order valence-electron chi connectivity index (χ0n) is 13.3. The monoisotopic (exact) mass is 285 g/mol. The Morgan fingerprint density at radius 3 is 2.52 bits per heavy atom. The minimum atomic E-state index is -0.262. The second kappa shape index (κ2) is 5.72. The Morgan fingerprint density at radius 1 is 1.24 bits per heavy atom. The van der Waals surface area contributed by atoms with Gasteiger partial charge in [-0.2, -0.15) is 0 Å². The summed E-state index contributed by atoms with van der Waals surface area (Å²) in [6, 6.07) is 8.19. The fourth-order valence-corrected chi connectivity index (χ4v) is 2.39. The number of anilines is 1. The van der Waals surface area contributed by atoms with Crippen molar-refractivity contribution in [3.05, 3.63) is 58.1 Å². The van der Waals surface area contributed by atoms with Gasteiger partial charge in [0.25, 0.3) is 5.56 Å². The van der Waals surface area contributed by atoms with Gasteiger partial charge in [0.2, 0.25) is 0 Å². The predicted octanol–water partition coefficient (Wildman–Crippen LogP) is 3.48. The summed E-state index contributed by atoms with van der Waals surface area (Å²) in [4.78, 5) is 16.7. The maximum Gasteiger partial charge on any atom is 0.293 e. The van der Waals surface area contributed by atoms with Crippen molar-refractivity contribution in [2.45, 2.75) is 46.2 Å². The third kappa shape index (κ3) is 3.32. The SMILES string of the molecule is Cc1ccccc1C(C)Nc1nccn(C(C)(C)C)c1=O. The van der Waals surface area contributed by atoms with Crippen LogP contribution in [0.1, 0.15) is 44.9 Å². The molecule has 112 valence electrons. The number of aryl methyl sites for hydroxylation is 1. The van der Waals surface area contributed by atoms with Crippen LogP contribution in [0.15, 0.2) is 41.5 Å². The fraction of sp³-hybridized carbons (Fsp3) is 0.412. The van der Waals surface area contributed by atoms with Crippen molar-refractivity contribution in [1.82, 2.24) is 9.55 Å². The maximum atomic E-state index is 12.5. The van der Waals surface area contributed by atoms with E-state index in [1.165, 1.54) is 11.1 Å². The maximum absolute atomic E-state index is 12.5. The molecule has 1 aromatic heterocycles. The molecule has 0 aliphatic heterocycles. The van der Waals surface area contributed by atoms with Crippen LogP contribution in [0.2, 0.25) is 0 Å². The van der Waals surface area contributed by atoms with Crippen molar-refractivity contribution < 1.29 is 0 Å². The molecule has 1 N–H and O–H groups in total.